The van der Waals surface area contributed by atoms with E-state index >= 15 is 0 Å². The number of aliphatic hydroxyl groups excluding tert-OH is 1. The lowest BCUT2D eigenvalue weighted by molar-refractivity contribution is -0.124. The van der Waals surface area contributed by atoms with E-state index in [0.29, 0.717) is 6.42 Å². The summed E-state index contributed by atoms with van der Waals surface area (Å²) in [7, 11) is 0. The Morgan fingerprint density at radius 2 is 2.21 bits per heavy atom. The summed E-state index contributed by atoms with van der Waals surface area (Å²) in [6, 6.07) is 7.67. The van der Waals surface area contributed by atoms with E-state index in [9.17, 15) is 9.90 Å². The first-order valence-electron chi connectivity index (χ1n) is 6.68. The van der Waals surface area contributed by atoms with Crippen molar-refractivity contribution in [3.05, 3.63) is 34.9 Å². The van der Waals surface area contributed by atoms with Crippen LogP contribution in [0.4, 0.5) is 0 Å². The van der Waals surface area contributed by atoms with Crippen molar-refractivity contribution in [2.24, 2.45) is 5.92 Å². The van der Waals surface area contributed by atoms with Crippen LogP contribution in [0.2, 0.25) is 5.02 Å². The summed E-state index contributed by atoms with van der Waals surface area (Å²) < 4.78 is 0. The molecule has 3 atom stereocenters. The van der Waals surface area contributed by atoms with Crippen LogP contribution in [0.3, 0.4) is 0 Å². The molecule has 3 nitrogen and oxygen atoms in total. The molecule has 1 aliphatic carbocycles. The number of hydrogen-bond acceptors (Lipinski definition) is 2. The standard InChI is InChI=1S/C15H20ClNO2/c1-3-15(2,9-18)17-14(19)12-8-11(12)10-6-4-5-7-13(10)16/h4-7,11-12,18H,3,8-9H2,1-2H3,(H,17,19)/t11-,12-,15+/m0/s1. The van der Waals surface area contributed by atoms with Crippen LogP contribution < -0.4 is 5.32 Å². The van der Waals surface area contributed by atoms with Crippen molar-refractivity contribution < 1.29 is 9.90 Å². The molecule has 0 bridgehead atoms. The molecule has 4 heteroatoms. The molecule has 1 aliphatic rings. The van der Waals surface area contributed by atoms with E-state index in [2.05, 4.69) is 5.32 Å². The molecule has 19 heavy (non-hydrogen) atoms. The maximum absolute atomic E-state index is 12.2. The number of carbonyl (C=O) groups excluding carboxylic acids is 1. The zero-order valence-corrected chi connectivity index (χ0v) is 12.1. The van der Waals surface area contributed by atoms with Crippen molar-refractivity contribution in [3.63, 3.8) is 0 Å². The van der Waals surface area contributed by atoms with Gasteiger partial charge in [0.05, 0.1) is 12.1 Å². The smallest absolute Gasteiger partial charge is 0.224 e. The Morgan fingerprint density at radius 3 is 2.79 bits per heavy atom. The molecule has 0 aromatic heterocycles. The molecule has 0 spiro atoms. The van der Waals surface area contributed by atoms with Gasteiger partial charge in [-0.25, -0.2) is 0 Å². The summed E-state index contributed by atoms with van der Waals surface area (Å²) in [5.74, 6) is 0.217. The lowest BCUT2D eigenvalue weighted by atomic mass is 9.99. The van der Waals surface area contributed by atoms with E-state index in [4.69, 9.17) is 11.6 Å². The quantitative estimate of drug-likeness (QED) is 0.872. The third-order valence-electron chi connectivity index (χ3n) is 3.99. The Hall–Kier alpha value is -1.06. The number of aliphatic hydroxyl groups is 1. The number of amides is 1. The van der Waals surface area contributed by atoms with Crippen molar-refractivity contribution in [2.45, 2.75) is 38.1 Å². The normalized spacial score (nSPS) is 24.6. The predicted molar refractivity (Wildman–Crippen MR) is 76.2 cm³/mol. The summed E-state index contributed by atoms with van der Waals surface area (Å²) in [5.41, 5.74) is 0.525. The summed E-state index contributed by atoms with van der Waals surface area (Å²) in [6.45, 7) is 3.77. The molecule has 1 aromatic carbocycles. The molecule has 0 aliphatic heterocycles. The molecular formula is C15H20ClNO2. The van der Waals surface area contributed by atoms with Crippen molar-refractivity contribution in [3.8, 4) is 0 Å². The van der Waals surface area contributed by atoms with Gasteiger partial charge in [-0.15, -0.1) is 0 Å². The minimum Gasteiger partial charge on any atom is -0.394 e. The maximum Gasteiger partial charge on any atom is 0.224 e. The average Bonchev–Trinajstić information content (AvgIpc) is 3.19. The fraction of sp³-hybridized carbons (Fsp3) is 0.533. The van der Waals surface area contributed by atoms with Crippen LogP contribution in [0.25, 0.3) is 0 Å². The van der Waals surface area contributed by atoms with Gasteiger partial charge in [-0.1, -0.05) is 36.7 Å². The van der Waals surface area contributed by atoms with E-state index in [1.165, 1.54) is 0 Å². The minimum atomic E-state index is -0.523. The van der Waals surface area contributed by atoms with Crippen molar-refractivity contribution in [2.75, 3.05) is 6.61 Å². The predicted octanol–water partition coefficient (Wildman–Crippen LogP) is 2.72. The number of rotatable bonds is 5. The molecule has 2 N–H and O–H groups in total. The highest BCUT2D eigenvalue weighted by Crippen LogP contribution is 2.49. The van der Waals surface area contributed by atoms with Crippen molar-refractivity contribution in [1.29, 1.82) is 0 Å². The van der Waals surface area contributed by atoms with Gasteiger partial charge in [-0.3, -0.25) is 4.79 Å². The fourth-order valence-corrected chi connectivity index (χ4v) is 2.51. The molecule has 0 heterocycles. The van der Waals surface area contributed by atoms with Gasteiger partial charge in [-0.2, -0.15) is 0 Å². The summed E-state index contributed by atoms with van der Waals surface area (Å²) >= 11 is 6.15. The van der Waals surface area contributed by atoms with Gasteiger partial charge in [0.25, 0.3) is 0 Å². The summed E-state index contributed by atoms with van der Waals surface area (Å²) in [4.78, 5) is 12.2. The number of halogens is 1. The van der Waals surface area contributed by atoms with Gasteiger partial charge in [0, 0.05) is 10.9 Å². The third-order valence-corrected chi connectivity index (χ3v) is 4.33. The second-order valence-electron chi connectivity index (χ2n) is 5.53. The average molecular weight is 282 g/mol. The largest absolute Gasteiger partial charge is 0.394 e. The molecule has 0 unspecified atom stereocenters. The topological polar surface area (TPSA) is 49.3 Å². The molecule has 1 fully saturated rings. The van der Waals surface area contributed by atoms with Gasteiger partial charge >= 0.3 is 0 Å². The van der Waals surface area contributed by atoms with E-state index in [1.807, 2.05) is 38.1 Å². The van der Waals surface area contributed by atoms with E-state index in [1.54, 1.807) is 0 Å². The van der Waals surface area contributed by atoms with Crippen LogP contribution in [-0.2, 0) is 4.79 Å². The van der Waals surface area contributed by atoms with Gasteiger partial charge in [0.1, 0.15) is 0 Å². The lowest BCUT2D eigenvalue weighted by Gasteiger charge is -2.27. The Kier molecular flexibility index (Phi) is 4.16. The zero-order valence-electron chi connectivity index (χ0n) is 11.3. The Labute approximate surface area is 119 Å². The summed E-state index contributed by atoms with van der Waals surface area (Å²) in [6.07, 6.45) is 1.54. The SMILES string of the molecule is CC[C@](C)(CO)NC(=O)[C@H]1C[C@H]1c1ccccc1Cl. The molecule has 1 aromatic rings. The number of nitrogens with one attached hydrogen (secondary N) is 1. The van der Waals surface area contributed by atoms with Gasteiger partial charge in [0.2, 0.25) is 5.91 Å². The maximum atomic E-state index is 12.2. The van der Waals surface area contributed by atoms with Crippen molar-refractivity contribution in [1.82, 2.24) is 5.32 Å². The monoisotopic (exact) mass is 281 g/mol. The highest BCUT2D eigenvalue weighted by Gasteiger charge is 2.46. The van der Waals surface area contributed by atoms with Gasteiger partial charge in [-0.05, 0) is 37.3 Å². The summed E-state index contributed by atoms with van der Waals surface area (Å²) in [5, 5.41) is 13.0. The highest BCUT2D eigenvalue weighted by atomic mass is 35.5. The molecule has 1 amide bonds. The first-order chi connectivity index (χ1) is 9.00. The van der Waals surface area contributed by atoms with Crippen LogP contribution in [0.5, 0.6) is 0 Å². The molecule has 0 saturated heterocycles. The molecule has 2 rings (SSSR count). The Bertz CT molecular complexity index is 471. The van der Waals surface area contributed by atoms with Crippen LogP contribution in [0.15, 0.2) is 24.3 Å². The van der Waals surface area contributed by atoms with Crippen LogP contribution in [-0.4, -0.2) is 23.2 Å². The molecule has 0 radical (unpaired) electrons. The van der Waals surface area contributed by atoms with Crippen molar-refractivity contribution >= 4 is 17.5 Å². The van der Waals surface area contributed by atoms with E-state index in [0.717, 1.165) is 17.0 Å². The second-order valence-corrected chi connectivity index (χ2v) is 5.94. The van der Waals surface area contributed by atoms with E-state index < -0.39 is 5.54 Å². The fourth-order valence-electron chi connectivity index (χ4n) is 2.23. The number of benzene rings is 1. The number of hydrogen-bond donors (Lipinski definition) is 2. The zero-order chi connectivity index (χ0) is 14.0. The van der Waals surface area contributed by atoms with Gasteiger partial charge in [0.15, 0.2) is 0 Å². The van der Waals surface area contributed by atoms with Crippen LogP contribution in [0, 0.1) is 5.92 Å². The third kappa shape index (κ3) is 3.10. The first kappa shape index (κ1) is 14.4. The van der Waals surface area contributed by atoms with Crippen LogP contribution >= 0.6 is 11.6 Å². The minimum absolute atomic E-state index is 0.0164. The Balaban J connectivity index is 2.00. The van der Waals surface area contributed by atoms with Gasteiger partial charge < -0.3 is 10.4 Å². The second kappa shape index (κ2) is 5.51. The van der Waals surface area contributed by atoms with Crippen LogP contribution in [0.1, 0.15) is 38.2 Å². The number of carbonyl (C=O) groups is 1. The first-order valence-corrected chi connectivity index (χ1v) is 7.06. The van der Waals surface area contributed by atoms with E-state index in [-0.39, 0.29) is 24.3 Å². The lowest BCUT2D eigenvalue weighted by Crippen LogP contribution is -2.49. The molecule has 104 valence electrons. The molecule has 1 saturated carbocycles. The Morgan fingerprint density at radius 1 is 1.53 bits per heavy atom. The highest BCUT2D eigenvalue weighted by molar-refractivity contribution is 6.31. The molecular weight excluding hydrogens is 262 g/mol.